The van der Waals surface area contributed by atoms with Crippen molar-refractivity contribution in [3.8, 4) is 5.75 Å². The minimum absolute atomic E-state index is 0.0975. The Morgan fingerprint density at radius 2 is 2.00 bits per heavy atom. The topological polar surface area (TPSA) is 29.5 Å². The van der Waals surface area contributed by atoms with E-state index in [9.17, 15) is 4.79 Å². The van der Waals surface area contributed by atoms with Gasteiger partial charge in [0.2, 0.25) is 0 Å². The molecule has 1 atom stereocenters. The fraction of sp³-hybridized carbons (Fsp3) is 0.381. The highest BCUT2D eigenvalue weighted by atomic mass is 16.5. The Kier molecular flexibility index (Phi) is 5.31. The Bertz CT molecular complexity index is 696. The SMILES string of the molecule is CCOc1ccc(C(C)=O)cc1CN1CCCC1c1ccccc1. The molecule has 0 spiro atoms. The van der Waals surface area contributed by atoms with Crippen LogP contribution in [0.2, 0.25) is 0 Å². The van der Waals surface area contributed by atoms with Crippen LogP contribution < -0.4 is 4.74 Å². The summed E-state index contributed by atoms with van der Waals surface area (Å²) in [5.41, 5.74) is 3.23. The highest BCUT2D eigenvalue weighted by Gasteiger charge is 2.26. The van der Waals surface area contributed by atoms with Crippen LogP contribution in [0.4, 0.5) is 0 Å². The van der Waals surface area contributed by atoms with Crippen LogP contribution in [0.5, 0.6) is 5.75 Å². The van der Waals surface area contributed by atoms with Gasteiger partial charge in [-0.05, 0) is 57.0 Å². The summed E-state index contributed by atoms with van der Waals surface area (Å²) in [5.74, 6) is 0.988. The van der Waals surface area contributed by atoms with E-state index in [1.165, 1.54) is 18.4 Å². The molecule has 2 aromatic carbocycles. The first-order valence-electron chi connectivity index (χ1n) is 8.74. The van der Waals surface area contributed by atoms with Gasteiger partial charge in [-0.1, -0.05) is 30.3 Å². The van der Waals surface area contributed by atoms with Gasteiger partial charge in [0.15, 0.2) is 5.78 Å². The van der Waals surface area contributed by atoms with Crippen LogP contribution in [0.25, 0.3) is 0 Å². The number of ether oxygens (including phenoxy) is 1. The van der Waals surface area contributed by atoms with Crippen LogP contribution in [-0.2, 0) is 6.54 Å². The van der Waals surface area contributed by atoms with E-state index in [0.29, 0.717) is 12.6 Å². The molecule has 1 fully saturated rings. The summed E-state index contributed by atoms with van der Waals surface area (Å²) in [4.78, 5) is 14.2. The Morgan fingerprint density at radius 1 is 1.21 bits per heavy atom. The summed E-state index contributed by atoms with van der Waals surface area (Å²) in [5, 5.41) is 0. The summed E-state index contributed by atoms with van der Waals surface area (Å²) in [6.45, 7) is 6.13. The number of ketones is 1. The van der Waals surface area contributed by atoms with E-state index in [1.807, 2.05) is 25.1 Å². The van der Waals surface area contributed by atoms with E-state index in [0.717, 1.165) is 30.0 Å². The predicted octanol–water partition coefficient (Wildman–Crippen LogP) is 4.63. The number of Topliss-reactive ketones (excluding diaryl/α,β-unsaturated/α-hetero) is 1. The molecule has 126 valence electrons. The zero-order valence-corrected chi connectivity index (χ0v) is 14.5. The molecular formula is C21H25NO2. The molecule has 24 heavy (non-hydrogen) atoms. The van der Waals surface area contributed by atoms with Crippen molar-refractivity contribution in [3.63, 3.8) is 0 Å². The van der Waals surface area contributed by atoms with Crippen molar-refractivity contribution in [1.82, 2.24) is 4.90 Å². The third-order valence-electron chi connectivity index (χ3n) is 4.69. The summed E-state index contributed by atoms with van der Waals surface area (Å²) in [6, 6.07) is 16.9. The molecule has 0 amide bonds. The lowest BCUT2D eigenvalue weighted by Crippen LogP contribution is -2.23. The Balaban J connectivity index is 1.86. The van der Waals surface area contributed by atoms with Gasteiger partial charge in [-0.25, -0.2) is 0 Å². The molecule has 0 bridgehead atoms. The number of likely N-dealkylation sites (tertiary alicyclic amines) is 1. The largest absolute Gasteiger partial charge is 0.494 e. The van der Waals surface area contributed by atoms with Gasteiger partial charge >= 0.3 is 0 Å². The smallest absolute Gasteiger partial charge is 0.159 e. The molecule has 1 aliphatic heterocycles. The van der Waals surface area contributed by atoms with E-state index in [2.05, 4.69) is 35.2 Å². The zero-order valence-electron chi connectivity index (χ0n) is 14.5. The van der Waals surface area contributed by atoms with E-state index >= 15 is 0 Å². The molecule has 1 unspecified atom stereocenters. The van der Waals surface area contributed by atoms with Gasteiger partial charge in [0.1, 0.15) is 5.75 Å². The summed E-state index contributed by atoms with van der Waals surface area (Å²) in [7, 11) is 0. The van der Waals surface area contributed by atoms with Gasteiger partial charge in [-0.3, -0.25) is 9.69 Å². The molecule has 0 aliphatic carbocycles. The third-order valence-corrected chi connectivity index (χ3v) is 4.69. The molecule has 3 heteroatoms. The lowest BCUT2D eigenvalue weighted by atomic mass is 10.0. The standard InChI is InChI=1S/C21H25NO2/c1-3-24-21-12-11-18(16(2)23)14-19(21)15-22-13-7-10-20(22)17-8-5-4-6-9-17/h4-6,8-9,11-12,14,20H,3,7,10,13,15H2,1-2H3. The average Bonchev–Trinajstić information content (AvgIpc) is 3.05. The van der Waals surface area contributed by atoms with E-state index in [1.54, 1.807) is 6.92 Å². The van der Waals surface area contributed by atoms with E-state index < -0.39 is 0 Å². The van der Waals surface area contributed by atoms with Crippen molar-refractivity contribution in [2.24, 2.45) is 0 Å². The molecular weight excluding hydrogens is 298 g/mol. The second-order valence-electron chi connectivity index (χ2n) is 6.35. The van der Waals surface area contributed by atoms with Gasteiger partial charge in [0, 0.05) is 23.7 Å². The quantitative estimate of drug-likeness (QED) is 0.726. The molecule has 0 saturated carbocycles. The number of nitrogens with zero attached hydrogens (tertiary/aromatic N) is 1. The van der Waals surface area contributed by atoms with Crippen molar-refractivity contribution in [2.75, 3.05) is 13.2 Å². The van der Waals surface area contributed by atoms with Crippen molar-refractivity contribution in [1.29, 1.82) is 0 Å². The molecule has 3 nitrogen and oxygen atoms in total. The van der Waals surface area contributed by atoms with Gasteiger partial charge in [-0.2, -0.15) is 0 Å². The molecule has 3 rings (SSSR count). The minimum atomic E-state index is 0.0975. The third kappa shape index (κ3) is 3.68. The Labute approximate surface area is 144 Å². The monoisotopic (exact) mass is 323 g/mol. The second-order valence-corrected chi connectivity index (χ2v) is 6.35. The molecule has 0 N–H and O–H groups in total. The minimum Gasteiger partial charge on any atom is -0.494 e. The predicted molar refractivity (Wildman–Crippen MR) is 96.4 cm³/mol. The normalized spacial score (nSPS) is 17.8. The maximum atomic E-state index is 11.7. The van der Waals surface area contributed by atoms with Gasteiger partial charge in [0.05, 0.1) is 6.61 Å². The second kappa shape index (κ2) is 7.63. The first-order valence-corrected chi connectivity index (χ1v) is 8.74. The lowest BCUT2D eigenvalue weighted by molar-refractivity contribution is 0.101. The first-order chi connectivity index (χ1) is 11.7. The van der Waals surface area contributed by atoms with Gasteiger partial charge in [0.25, 0.3) is 0 Å². The van der Waals surface area contributed by atoms with Crippen LogP contribution in [-0.4, -0.2) is 23.8 Å². The highest BCUT2D eigenvalue weighted by Crippen LogP contribution is 2.34. The number of hydrogen-bond donors (Lipinski definition) is 0. The average molecular weight is 323 g/mol. The maximum Gasteiger partial charge on any atom is 0.159 e. The van der Waals surface area contributed by atoms with Crippen LogP contribution in [0.15, 0.2) is 48.5 Å². The van der Waals surface area contributed by atoms with Crippen molar-refractivity contribution in [3.05, 3.63) is 65.2 Å². The molecule has 1 heterocycles. The highest BCUT2D eigenvalue weighted by molar-refractivity contribution is 5.94. The number of carbonyl (C=O) groups is 1. The fourth-order valence-corrected chi connectivity index (χ4v) is 3.51. The van der Waals surface area contributed by atoms with Gasteiger partial charge < -0.3 is 4.74 Å². The maximum absolute atomic E-state index is 11.7. The van der Waals surface area contributed by atoms with Crippen LogP contribution >= 0.6 is 0 Å². The first kappa shape index (κ1) is 16.7. The molecule has 1 aliphatic rings. The fourth-order valence-electron chi connectivity index (χ4n) is 3.51. The van der Waals surface area contributed by atoms with Crippen LogP contribution in [0.3, 0.4) is 0 Å². The summed E-state index contributed by atoms with van der Waals surface area (Å²) < 4.78 is 5.79. The number of carbonyl (C=O) groups excluding carboxylic acids is 1. The Hall–Kier alpha value is -2.13. The van der Waals surface area contributed by atoms with Crippen molar-refractivity contribution >= 4 is 5.78 Å². The molecule has 2 aromatic rings. The van der Waals surface area contributed by atoms with Gasteiger partial charge in [-0.15, -0.1) is 0 Å². The number of benzene rings is 2. The van der Waals surface area contributed by atoms with Crippen LogP contribution in [0, 0.1) is 0 Å². The van der Waals surface area contributed by atoms with Crippen molar-refractivity contribution < 1.29 is 9.53 Å². The zero-order chi connectivity index (χ0) is 16.9. The van der Waals surface area contributed by atoms with Crippen LogP contribution in [0.1, 0.15) is 54.2 Å². The Morgan fingerprint density at radius 3 is 2.71 bits per heavy atom. The molecule has 1 saturated heterocycles. The number of rotatable bonds is 6. The molecule has 0 radical (unpaired) electrons. The summed E-state index contributed by atoms with van der Waals surface area (Å²) in [6.07, 6.45) is 2.39. The van der Waals surface area contributed by atoms with Crippen molar-refractivity contribution in [2.45, 2.75) is 39.3 Å². The van der Waals surface area contributed by atoms with E-state index in [4.69, 9.17) is 4.74 Å². The summed E-state index contributed by atoms with van der Waals surface area (Å²) >= 11 is 0. The lowest BCUT2D eigenvalue weighted by Gasteiger charge is -2.26. The van der Waals surface area contributed by atoms with E-state index in [-0.39, 0.29) is 5.78 Å². The molecule has 0 aromatic heterocycles. The number of hydrogen-bond acceptors (Lipinski definition) is 3.